The Morgan fingerprint density at radius 3 is 2.44 bits per heavy atom. The van der Waals surface area contributed by atoms with Crippen molar-refractivity contribution in [2.75, 3.05) is 5.32 Å². The van der Waals surface area contributed by atoms with E-state index < -0.39 is 5.63 Å². The Morgan fingerprint density at radius 2 is 1.61 bits per heavy atom. The average Bonchev–Trinajstić information content (AvgIpc) is 3.34. The highest BCUT2D eigenvalue weighted by Crippen LogP contribution is 2.30. The van der Waals surface area contributed by atoms with Crippen molar-refractivity contribution in [1.29, 1.82) is 0 Å². The molecule has 0 fully saturated rings. The zero-order valence-electron chi connectivity index (χ0n) is 18.6. The Kier molecular flexibility index (Phi) is 5.32. The van der Waals surface area contributed by atoms with Gasteiger partial charge in [-0.05, 0) is 60.2 Å². The molecule has 0 aliphatic rings. The monoisotopic (exact) mass is 493 g/mol. The molecule has 1 amide bonds. The highest BCUT2D eigenvalue weighted by Gasteiger charge is 2.14. The van der Waals surface area contributed by atoms with Gasteiger partial charge < -0.3 is 14.2 Å². The molecular formula is C28H16ClN3O4. The van der Waals surface area contributed by atoms with Gasteiger partial charge >= 0.3 is 5.63 Å². The number of amides is 1. The third-order valence-electron chi connectivity index (χ3n) is 5.73. The number of oxazole rings is 1. The summed E-state index contributed by atoms with van der Waals surface area (Å²) in [4.78, 5) is 34.0. The topological polar surface area (TPSA) is 98.2 Å². The number of halogens is 1. The van der Waals surface area contributed by atoms with E-state index in [1.807, 2.05) is 18.2 Å². The van der Waals surface area contributed by atoms with E-state index >= 15 is 0 Å². The number of benzene rings is 3. The smallest absolute Gasteiger partial charge is 0.344 e. The van der Waals surface area contributed by atoms with Crippen molar-refractivity contribution >= 4 is 45.4 Å². The maximum atomic E-state index is 12.9. The van der Waals surface area contributed by atoms with Crippen LogP contribution in [-0.2, 0) is 0 Å². The number of hydrogen-bond donors (Lipinski definition) is 1. The van der Waals surface area contributed by atoms with Crippen LogP contribution in [0.25, 0.3) is 44.8 Å². The number of hydrogen-bond acceptors (Lipinski definition) is 6. The predicted octanol–water partition coefficient (Wildman–Crippen LogP) is 6.57. The van der Waals surface area contributed by atoms with Crippen LogP contribution in [0.15, 0.2) is 105 Å². The van der Waals surface area contributed by atoms with Crippen LogP contribution in [0, 0.1) is 0 Å². The number of aromatic nitrogens is 2. The third kappa shape index (κ3) is 4.01. The zero-order chi connectivity index (χ0) is 24.6. The van der Waals surface area contributed by atoms with Gasteiger partial charge in [-0.25, -0.2) is 9.78 Å². The van der Waals surface area contributed by atoms with Crippen LogP contribution >= 0.6 is 11.6 Å². The molecular weight excluding hydrogens is 478 g/mol. The third-order valence-corrected chi connectivity index (χ3v) is 6.06. The van der Waals surface area contributed by atoms with Gasteiger partial charge in [0.1, 0.15) is 5.58 Å². The van der Waals surface area contributed by atoms with E-state index in [0.717, 1.165) is 5.39 Å². The van der Waals surface area contributed by atoms with Gasteiger partial charge in [-0.1, -0.05) is 41.9 Å². The SMILES string of the molecule is O=C(Nc1cc(-c2nc3ncccc3o2)ccc1Cl)c1ccc(-c2cc3ccccc3oc2=O)cc1. The molecule has 0 saturated carbocycles. The molecule has 0 saturated heterocycles. The minimum absolute atomic E-state index is 0.356. The molecule has 0 spiro atoms. The van der Waals surface area contributed by atoms with E-state index in [1.165, 1.54) is 0 Å². The lowest BCUT2D eigenvalue weighted by atomic mass is 10.0. The van der Waals surface area contributed by atoms with Gasteiger partial charge in [-0.3, -0.25) is 4.79 Å². The summed E-state index contributed by atoms with van der Waals surface area (Å²) in [5.74, 6) is 0.0137. The first-order valence-corrected chi connectivity index (χ1v) is 11.4. The summed E-state index contributed by atoms with van der Waals surface area (Å²) in [5, 5.41) is 4.01. The number of carbonyl (C=O) groups excluding carboxylic acids is 1. The summed E-state index contributed by atoms with van der Waals surface area (Å²) >= 11 is 6.34. The molecule has 6 rings (SSSR count). The summed E-state index contributed by atoms with van der Waals surface area (Å²) in [6.45, 7) is 0. The maximum absolute atomic E-state index is 12.9. The van der Waals surface area contributed by atoms with E-state index in [4.69, 9.17) is 20.4 Å². The minimum Gasteiger partial charge on any atom is -0.434 e. The first-order chi connectivity index (χ1) is 17.5. The average molecular weight is 494 g/mol. The fourth-order valence-corrected chi connectivity index (χ4v) is 4.07. The molecule has 0 bridgehead atoms. The number of nitrogens with one attached hydrogen (secondary N) is 1. The number of para-hydroxylation sites is 1. The Hall–Kier alpha value is -4.75. The number of nitrogens with zero attached hydrogens (tertiary/aromatic N) is 2. The molecule has 3 aromatic carbocycles. The Balaban J connectivity index is 1.26. The molecule has 0 aliphatic heterocycles. The van der Waals surface area contributed by atoms with Crippen molar-refractivity contribution in [1.82, 2.24) is 9.97 Å². The molecule has 0 radical (unpaired) electrons. The van der Waals surface area contributed by atoms with Crippen LogP contribution in [-0.4, -0.2) is 15.9 Å². The van der Waals surface area contributed by atoms with Crippen molar-refractivity contribution < 1.29 is 13.6 Å². The van der Waals surface area contributed by atoms with Crippen molar-refractivity contribution in [2.45, 2.75) is 0 Å². The van der Waals surface area contributed by atoms with Crippen LogP contribution < -0.4 is 10.9 Å². The molecule has 7 nitrogen and oxygen atoms in total. The number of anilines is 1. The Bertz CT molecular complexity index is 1790. The van der Waals surface area contributed by atoms with Crippen molar-refractivity contribution in [3.8, 4) is 22.6 Å². The number of carbonyl (C=O) groups is 1. The summed E-state index contributed by atoms with van der Waals surface area (Å²) in [5.41, 5.74) is 3.66. The van der Waals surface area contributed by atoms with Crippen LogP contribution in [0.1, 0.15) is 10.4 Å². The lowest BCUT2D eigenvalue weighted by molar-refractivity contribution is 0.102. The molecule has 0 atom stereocenters. The first-order valence-electron chi connectivity index (χ1n) is 11.0. The van der Waals surface area contributed by atoms with Crippen LogP contribution in [0.2, 0.25) is 5.02 Å². The summed E-state index contributed by atoms with van der Waals surface area (Å²) < 4.78 is 11.2. The fourth-order valence-electron chi connectivity index (χ4n) is 3.91. The first kappa shape index (κ1) is 21.8. The highest BCUT2D eigenvalue weighted by molar-refractivity contribution is 6.34. The fraction of sp³-hybridized carbons (Fsp3) is 0. The highest BCUT2D eigenvalue weighted by atomic mass is 35.5. The molecule has 174 valence electrons. The second-order valence-corrected chi connectivity index (χ2v) is 8.46. The van der Waals surface area contributed by atoms with Crippen LogP contribution in [0.5, 0.6) is 0 Å². The molecule has 3 heterocycles. The van der Waals surface area contributed by atoms with Gasteiger partial charge in [0, 0.05) is 22.7 Å². The quantitative estimate of drug-likeness (QED) is 0.279. The normalized spacial score (nSPS) is 11.1. The summed E-state index contributed by atoms with van der Waals surface area (Å²) in [6.07, 6.45) is 1.64. The maximum Gasteiger partial charge on any atom is 0.344 e. The van der Waals surface area contributed by atoms with E-state index in [9.17, 15) is 9.59 Å². The van der Waals surface area contributed by atoms with Gasteiger partial charge in [-0.2, -0.15) is 4.98 Å². The van der Waals surface area contributed by atoms with Crippen molar-refractivity contribution in [2.24, 2.45) is 0 Å². The van der Waals surface area contributed by atoms with E-state index in [0.29, 0.717) is 55.7 Å². The van der Waals surface area contributed by atoms with Gasteiger partial charge in [0.05, 0.1) is 16.3 Å². The molecule has 1 N–H and O–H groups in total. The molecule has 0 unspecified atom stereocenters. The molecule has 3 aromatic heterocycles. The van der Waals surface area contributed by atoms with Gasteiger partial charge in [0.15, 0.2) is 11.2 Å². The van der Waals surface area contributed by atoms with E-state index in [1.54, 1.807) is 72.9 Å². The number of pyridine rings is 1. The zero-order valence-corrected chi connectivity index (χ0v) is 19.3. The largest absolute Gasteiger partial charge is 0.434 e. The Morgan fingerprint density at radius 1 is 0.833 bits per heavy atom. The lowest BCUT2D eigenvalue weighted by Gasteiger charge is -2.09. The standard InChI is InChI=1S/C28H16ClN3O4/c29-21-12-11-19(27-32-25-24(35-27)6-3-13-30-25)15-22(21)31-26(33)17-9-7-16(8-10-17)20-14-18-4-1-2-5-23(18)36-28(20)34/h1-15H,(H,31,33). The van der Waals surface area contributed by atoms with Crippen LogP contribution in [0.4, 0.5) is 5.69 Å². The summed E-state index contributed by atoms with van der Waals surface area (Å²) in [7, 11) is 0. The lowest BCUT2D eigenvalue weighted by Crippen LogP contribution is -2.12. The second-order valence-electron chi connectivity index (χ2n) is 8.06. The van der Waals surface area contributed by atoms with Crippen molar-refractivity contribution in [3.05, 3.63) is 112 Å². The van der Waals surface area contributed by atoms with E-state index in [-0.39, 0.29) is 5.91 Å². The minimum atomic E-state index is -0.441. The molecule has 6 aromatic rings. The van der Waals surface area contributed by atoms with Gasteiger partial charge in [0.2, 0.25) is 5.89 Å². The van der Waals surface area contributed by atoms with E-state index in [2.05, 4.69) is 15.3 Å². The van der Waals surface area contributed by atoms with Gasteiger partial charge in [0.25, 0.3) is 5.91 Å². The molecule has 8 heteroatoms. The Labute approximate surface area is 209 Å². The predicted molar refractivity (Wildman–Crippen MR) is 138 cm³/mol. The van der Waals surface area contributed by atoms with Crippen LogP contribution in [0.3, 0.4) is 0 Å². The molecule has 36 heavy (non-hydrogen) atoms. The number of rotatable bonds is 4. The second kappa shape index (κ2) is 8.79. The number of fused-ring (bicyclic) bond motifs is 2. The van der Waals surface area contributed by atoms with Gasteiger partial charge in [-0.15, -0.1) is 0 Å². The van der Waals surface area contributed by atoms with Crippen molar-refractivity contribution in [3.63, 3.8) is 0 Å². The molecule has 0 aliphatic carbocycles. The summed E-state index contributed by atoms with van der Waals surface area (Å²) in [6, 6.07) is 24.4.